The van der Waals surface area contributed by atoms with Crippen LogP contribution in [0.25, 0.3) is 10.2 Å². The molecule has 0 aliphatic heterocycles. The molecule has 2 aromatic heterocycles. The minimum absolute atomic E-state index is 0.0513. The van der Waals surface area contributed by atoms with Gasteiger partial charge < -0.3 is 19.9 Å². The number of carboxylic acid groups (broad SMARTS) is 1. The monoisotopic (exact) mass is 467 g/mol. The molecule has 0 spiro atoms. The molecule has 1 aliphatic carbocycles. The van der Waals surface area contributed by atoms with E-state index < -0.39 is 5.97 Å². The molecule has 0 atom stereocenters. The van der Waals surface area contributed by atoms with Crippen molar-refractivity contribution in [2.24, 2.45) is 5.92 Å². The quantitative estimate of drug-likeness (QED) is 0.537. The Morgan fingerprint density at radius 3 is 2.58 bits per heavy atom. The minimum Gasteiger partial charge on any atom is -0.481 e. The largest absolute Gasteiger partial charge is 0.481 e. The number of fused-ring (bicyclic) bond motifs is 1. The third kappa shape index (κ3) is 4.95. The van der Waals surface area contributed by atoms with Crippen LogP contribution < -0.4 is 10.2 Å². The highest BCUT2D eigenvalue weighted by atomic mass is 32.1. The molecule has 8 heteroatoms. The summed E-state index contributed by atoms with van der Waals surface area (Å²) in [5.74, 6) is -1.39. The topological polar surface area (TPSA) is 91.6 Å². The molecule has 4 rings (SSSR count). The summed E-state index contributed by atoms with van der Waals surface area (Å²) >= 11 is 1.51. The molecule has 2 N–H and O–H groups in total. The van der Waals surface area contributed by atoms with Crippen molar-refractivity contribution in [2.45, 2.75) is 52.1 Å². The van der Waals surface area contributed by atoms with Crippen molar-refractivity contribution in [1.82, 2.24) is 9.88 Å². The molecule has 0 unspecified atom stereocenters. The van der Waals surface area contributed by atoms with Crippen molar-refractivity contribution in [3.05, 3.63) is 53.0 Å². The number of carbonyl (C=O) groups is 3. The van der Waals surface area contributed by atoms with Crippen LogP contribution in [0.2, 0.25) is 0 Å². The van der Waals surface area contributed by atoms with E-state index in [0.29, 0.717) is 37.9 Å². The van der Waals surface area contributed by atoms with Crippen molar-refractivity contribution >= 4 is 45.0 Å². The van der Waals surface area contributed by atoms with E-state index in [1.165, 1.54) is 11.3 Å². The number of anilines is 1. The van der Waals surface area contributed by atoms with Gasteiger partial charge in [0, 0.05) is 23.7 Å². The fourth-order valence-electron chi connectivity index (χ4n) is 4.58. The Morgan fingerprint density at radius 1 is 1.15 bits per heavy atom. The van der Waals surface area contributed by atoms with Crippen molar-refractivity contribution < 1.29 is 19.5 Å². The summed E-state index contributed by atoms with van der Waals surface area (Å²) < 4.78 is 1.80. The summed E-state index contributed by atoms with van der Waals surface area (Å²) in [4.78, 5) is 40.3. The van der Waals surface area contributed by atoms with Gasteiger partial charge in [0.25, 0.3) is 5.91 Å². The average Bonchev–Trinajstić information content (AvgIpc) is 3.37. The number of aromatic nitrogens is 1. The van der Waals surface area contributed by atoms with Crippen molar-refractivity contribution in [3.8, 4) is 0 Å². The second-order valence-electron chi connectivity index (χ2n) is 8.63. The third-order valence-corrected chi connectivity index (χ3v) is 7.32. The maximum atomic E-state index is 13.3. The van der Waals surface area contributed by atoms with Crippen LogP contribution >= 0.6 is 11.3 Å². The smallest absolute Gasteiger partial charge is 0.306 e. The highest BCUT2D eigenvalue weighted by Gasteiger charge is 2.28. The van der Waals surface area contributed by atoms with Gasteiger partial charge in [-0.3, -0.25) is 14.4 Å². The van der Waals surface area contributed by atoms with Gasteiger partial charge >= 0.3 is 5.97 Å². The van der Waals surface area contributed by atoms with Crippen LogP contribution in [0, 0.1) is 12.8 Å². The highest BCUT2D eigenvalue weighted by Crippen LogP contribution is 2.28. The zero-order valence-corrected chi connectivity index (χ0v) is 19.7. The molecule has 0 radical (unpaired) electrons. The third-order valence-electron chi connectivity index (χ3n) is 6.37. The number of thiophene rings is 1. The summed E-state index contributed by atoms with van der Waals surface area (Å²) in [6.45, 7) is 4.54. The van der Waals surface area contributed by atoms with Crippen LogP contribution in [0.4, 0.5) is 5.69 Å². The summed E-state index contributed by atoms with van der Waals surface area (Å²) in [7, 11) is 0. The molecule has 2 heterocycles. The molecule has 174 valence electrons. The lowest BCUT2D eigenvalue weighted by molar-refractivity contribution is -0.142. The molecule has 1 aliphatic rings. The van der Waals surface area contributed by atoms with Crippen LogP contribution in [0.1, 0.15) is 48.7 Å². The maximum absolute atomic E-state index is 13.3. The first kappa shape index (κ1) is 23.0. The second-order valence-corrected chi connectivity index (χ2v) is 9.53. The number of aryl methyl sites for hydroxylation is 1. The Morgan fingerprint density at radius 2 is 1.91 bits per heavy atom. The molecule has 1 fully saturated rings. The Hall–Kier alpha value is -3.13. The first-order valence-corrected chi connectivity index (χ1v) is 12.2. The van der Waals surface area contributed by atoms with Crippen LogP contribution in [0.15, 0.2) is 41.8 Å². The van der Waals surface area contributed by atoms with Gasteiger partial charge in [0.1, 0.15) is 17.1 Å². The number of hydrogen-bond acceptors (Lipinski definition) is 4. The molecule has 33 heavy (non-hydrogen) atoms. The van der Waals surface area contributed by atoms with Gasteiger partial charge in [0.05, 0.1) is 5.92 Å². The Labute approximate surface area is 197 Å². The Balaban J connectivity index is 1.53. The maximum Gasteiger partial charge on any atom is 0.306 e. The standard InChI is InChI=1S/C25H29N3O4S/c1-3-27(20-6-4-5-16(2)13-20)22(29)15-28-21(14-18-11-12-33-24(18)28)23(30)26-19-9-7-17(8-10-19)25(31)32/h4-6,11-14,17,19H,3,7-10,15H2,1-2H3,(H,26,30)(H,31,32)/t17-,19-. The van der Waals surface area contributed by atoms with Gasteiger partial charge in [-0.05, 0) is 74.7 Å². The van der Waals surface area contributed by atoms with E-state index in [4.69, 9.17) is 0 Å². The molecular formula is C25H29N3O4S. The molecule has 0 bridgehead atoms. The predicted octanol–water partition coefficient (Wildman–Crippen LogP) is 4.44. The predicted molar refractivity (Wildman–Crippen MR) is 130 cm³/mol. The number of carbonyl (C=O) groups excluding carboxylic acids is 2. The summed E-state index contributed by atoms with van der Waals surface area (Å²) in [6.07, 6.45) is 2.43. The lowest BCUT2D eigenvalue weighted by Crippen LogP contribution is -2.40. The van der Waals surface area contributed by atoms with E-state index in [9.17, 15) is 19.5 Å². The van der Waals surface area contributed by atoms with Gasteiger partial charge in [-0.2, -0.15) is 0 Å². The number of likely N-dealkylation sites (N-methyl/N-ethyl adjacent to an activating group) is 1. The number of amides is 2. The highest BCUT2D eigenvalue weighted by molar-refractivity contribution is 7.16. The Bertz CT molecular complexity index is 1170. The number of nitrogens with zero attached hydrogens (tertiary/aromatic N) is 2. The lowest BCUT2D eigenvalue weighted by Gasteiger charge is -2.27. The number of nitrogens with one attached hydrogen (secondary N) is 1. The van der Waals surface area contributed by atoms with E-state index in [0.717, 1.165) is 21.5 Å². The zero-order chi connectivity index (χ0) is 23.5. The van der Waals surface area contributed by atoms with E-state index >= 15 is 0 Å². The van der Waals surface area contributed by atoms with Crippen molar-refractivity contribution in [3.63, 3.8) is 0 Å². The first-order valence-electron chi connectivity index (χ1n) is 11.3. The van der Waals surface area contributed by atoms with Gasteiger partial charge in [0.2, 0.25) is 5.91 Å². The number of aliphatic carboxylic acids is 1. The fraction of sp³-hybridized carbons (Fsp3) is 0.400. The van der Waals surface area contributed by atoms with Gasteiger partial charge in [-0.1, -0.05) is 12.1 Å². The van der Waals surface area contributed by atoms with E-state index in [1.807, 2.05) is 55.6 Å². The molecular weight excluding hydrogens is 438 g/mol. The van der Waals surface area contributed by atoms with Gasteiger partial charge in [0.15, 0.2) is 0 Å². The van der Waals surface area contributed by atoms with Crippen LogP contribution in [0.3, 0.4) is 0 Å². The van der Waals surface area contributed by atoms with E-state index in [-0.39, 0.29) is 30.3 Å². The number of carboxylic acids is 1. The van der Waals surface area contributed by atoms with Crippen molar-refractivity contribution in [2.75, 3.05) is 11.4 Å². The molecule has 0 saturated heterocycles. The molecule has 1 aromatic carbocycles. The molecule has 7 nitrogen and oxygen atoms in total. The SMILES string of the molecule is CCN(C(=O)Cn1c(C(=O)N[C@H]2CC[C@H](C(=O)O)CC2)cc2ccsc21)c1cccc(C)c1. The first-order chi connectivity index (χ1) is 15.9. The number of benzene rings is 1. The zero-order valence-electron chi connectivity index (χ0n) is 18.9. The normalized spacial score (nSPS) is 18.2. The summed E-state index contributed by atoms with van der Waals surface area (Å²) in [5.41, 5.74) is 2.39. The Kier molecular flexibility index (Phi) is 6.83. The van der Waals surface area contributed by atoms with Crippen LogP contribution in [-0.2, 0) is 16.1 Å². The minimum atomic E-state index is -0.763. The van der Waals surface area contributed by atoms with Crippen LogP contribution in [-0.4, -0.2) is 40.0 Å². The number of rotatable bonds is 7. The van der Waals surface area contributed by atoms with E-state index in [1.54, 1.807) is 9.47 Å². The van der Waals surface area contributed by atoms with Crippen LogP contribution in [0.5, 0.6) is 0 Å². The fourth-order valence-corrected chi connectivity index (χ4v) is 5.48. The molecule has 3 aromatic rings. The average molecular weight is 468 g/mol. The van der Waals surface area contributed by atoms with Gasteiger partial charge in [-0.25, -0.2) is 0 Å². The van der Waals surface area contributed by atoms with E-state index in [2.05, 4.69) is 5.32 Å². The molecule has 1 saturated carbocycles. The number of hydrogen-bond donors (Lipinski definition) is 2. The second kappa shape index (κ2) is 9.79. The summed E-state index contributed by atoms with van der Waals surface area (Å²) in [6, 6.07) is 11.6. The lowest BCUT2D eigenvalue weighted by atomic mass is 9.86. The van der Waals surface area contributed by atoms with Crippen molar-refractivity contribution in [1.29, 1.82) is 0 Å². The van der Waals surface area contributed by atoms with Gasteiger partial charge in [-0.15, -0.1) is 11.3 Å². The summed E-state index contributed by atoms with van der Waals surface area (Å²) in [5, 5.41) is 15.2. The molecule has 2 amide bonds.